The van der Waals surface area contributed by atoms with E-state index in [0.717, 1.165) is 11.1 Å². The summed E-state index contributed by atoms with van der Waals surface area (Å²) in [4.78, 5) is -0.940. The van der Waals surface area contributed by atoms with Gasteiger partial charge in [0.25, 0.3) is 20.2 Å². The lowest BCUT2D eigenvalue weighted by molar-refractivity contribution is 0.481. The van der Waals surface area contributed by atoms with Crippen molar-refractivity contribution in [2.24, 2.45) is 20.5 Å². The molecule has 0 spiro atoms. The maximum absolute atomic E-state index is 12.0. The topological polar surface area (TPSA) is 210 Å². The average Bonchev–Trinajstić information content (AvgIpc) is 3.04. The van der Waals surface area contributed by atoms with Gasteiger partial charge in [-0.25, -0.2) is 0 Å². The maximum atomic E-state index is 12.0. The highest BCUT2D eigenvalue weighted by Crippen LogP contribution is 2.44. The van der Waals surface area contributed by atoms with Crippen LogP contribution in [0, 0.1) is 0 Å². The van der Waals surface area contributed by atoms with Crippen LogP contribution in [-0.2, 0) is 20.2 Å². The Morgan fingerprint density at radius 3 is 1.08 bits per heavy atom. The van der Waals surface area contributed by atoms with E-state index in [-0.39, 0.29) is 22.7 Å². The summed E-state index contributed by atoms with van der Waals surface area (Å²) in [5.74, 6) is 0. The first-order valence-corrected chi connectivity index (χ1v) is 20.0. The molecular weight excluding hydrogens is 948 g/mol. The normalized spacial score (nSPS) is 12.5. The molecule has 6 aromatic rings. The van der Waals surface area contributed by atoms with Gasteiger partial charge in [0.15, 0.2) is 0 Å². The van der Waals surface area contributed by atoms with Crippen LogP contribution >= 0.6 is 63.7 Å². The van der Waals surface area contributed by atoms with E-state index in [9.17, 15) is 25.9 Å². The van der Waals surface area contributed by atoms with Crippen molar-refractivity contribution in [1.29, 1.82) is 0 Å². The lowest BCUT2D eigenvalue weighted by Gasteiger charge is -2.11. The summed E-state index contributed by atoms with van der Waals surface area (Å²) in [7, 11) is -9.26. The van der Waals surface area contributed by atoms with Crippen molar-refractivity contribution < 1.29 is 25.9 Å². The van der Waals surface area contributed by atoms with Gasteiger partial charge in [-0.2, -0.15) is 16.8 Å². The molecule has 0 unspecified atom stereocenters. The molecule has 6 N–H and O–H groups in total. The van der Waals surface area contributed by atoms with E-state index in [0.29, 0.717) is 50.8 Å². The molecule has 0 aliphatic heterocycles. The van der Waals surface area contributed by atoms with Gasteiger partial charge in [0.05, 0.1) is 22.7 Å². The number of halogens is 4. The Hall–Kier alpha value is -3.62. The number of hydrogen-bond donors (Lipinski definition) is 4. The van der Waals surface area contributed by atoms with Gasteiger partial charge in [0, 0.05) is 39.4 Å². The first-order chi connectivity index (χ1) is 23.5. The fraction of sp³-hybridized carbons (Fsp3) is 0. The second-order valence-electron chi connectivity index (χ2n) is 10.6. The third kappa shape index (κ3) is 7.11. The Morgan fingerprint density at radius 2 is 0.780 bits per heavy atom. The largest absolute Gasteiger partial charge is 0.397 e. The van der Waals surface area contributed by atoms with Crippen molar-refractivity contribution >= 4 is 140 Å². The molecule has 0 heterocycles. The van der Waals surface area contributed by atoms with Crippen LogP contribution in [0.1, 0.15) is 0 Å². The van der Waals surface area contributed by atoms with E-state index >= 15 is 0 Å². The number of rotatable bonds is 7. The van der Waals surface area contributed by atoms with Crippen molar-refractivity contribution in [1.82, 2.24) is 0 Å². The molecule has 0 atom stereocenters. The van der Waals surface area contributed by atoms with E-state index in [2.05, 4.69) is 84.2 Å². The summed E-state index contributed by atoms with van der Waals surface area (Å²) in [6, 6.07) is 23.2. The molecule has 12 nitrogen and oxygen atoms in total. The van der Waals surface area contributed by atoms with Crippen LogP contribution in [0.15, 0.2) is 133 Å². The number of hydrogen-bond acceptors (Lipinski definition) is 10. The highest BCUT2D eigenvalue weighted by molar-refractivity contribution is 9.11. The van der Waals surface area contributed by atoms with Crippen LogP contribution in [-0.4, -0.2) is 25.9 Å². The van der Waals surface area contributed by atoms with Crippen LogP contribution in [0.4, 0.5) is 34.1 Å². The van der Waals surface area contributed by atoms with Gasteiger partial charge in [0.2, 0.25) is 0 Å². The molecule has 0 aliphatic rings. The predicted octanol–water partition coefficient (Wildman–Crippen LogP) is 11.2. The quantitative estimate of drug-likeness (QED) is 0.0685. The van der Waals surface area contributed by atoms with E-state index in [1.165, 1.54) is 12.1 Å². The monoisotopic (exact) mass is 964 g/mol. The average molecular weight is 968 g/mol. The molecule has 0 saturated carbocycles. The molecule has 0 saturated heterocycles. The van der Waals surface area contributed by atoms with Gasteiger partial charge in [0.1, 0.15) is 21.2 Å². The molecule has 0 aromatic heterocycles. The molecule has 0 bridgehead atoms. The van der Waals surface area contributed by atoms with Gasteiger partial charge in [-0.15, -0.1) is 20.5 Å². The molecule has 0 aliphatic carbocycles. The van der Waals surface area contributed by atoms with Crippen LogP contribution in [0.3, 0.4) is 0 Å². The van der Waals surface area contributed by atoms with Gasteiger partial charge in [-0.05, 0) is 111 Å². The summed E-state index contributed by atoms with van der Waals surface area (Å²) in [5.41, 5.74) is 14.6. The highest BCUT2D eigenvalue weighted by Gasteiger charge is 2.21. The van der Waals surface area contributed by atoms with Crippen LogP contribution < -0.4 is 11.5 Å². The molecule has 18 heteroatoms. The summed E-state index contributed by atoms with van der Waals surface area (Å²) < 4.78 is 69.8. The Morgan fingerprint density at radius 1 is 0.480 bits per heavy atom. The third-order valence-electron chi connectivity index (χ3n) is 7.49. The van der Waals surface area contributed by atoms with Gasteiger partial charge < -0.3 is 11.5 Å². The molecule has 0 amide bonds. The van der Waals surface area contributed by atoms with Crippen molar-refractivity contribution in [2.75, 3.05) is 11.5 Å². The number of azo groups is 2. The Kier molecular flexibility index (Phi) is 10.0. The molecule has 6 aromatic carbocycles. The Balaban J connectivity index is 1.35. The lowest BCUT2D eigenvalue weighted by atomic mass is 10.1. The number of nitrogen functional groups attached to an aromatic ring is 2. The predicted molar refractivity (Wildman–Crippen MR) is 207 cm³/mol. The summed E-state index contributed by atoms with van der Waals surface area (Å²) in [6.45, 7) is 0. The van der Waals surface area contributed by atoms with Crippen molar-refractivity contribution in [3.63, 3.8) is 0 Å². The molecule has 254 valence electrons. The van der Waals surface area contributed by atoms with Gasteiger partial charge >= 0.3 is 0 Å². The SMILES string of the molecule is Nc1c(S(=O)(=O)O)cc(N=Nc2c(Br)cc(-c3cc(Br)c(N=Nc4cc(S(=O)(=O)O)c(N)c5ccccc45)c(Br)c3)cc2Br)c2ccccc12. The minimum absolute atomic E-state index is 0.0939. The standard InChI is InChI=1S/C32H20Br4N6O6S2/c33-21-9-15(10-22(34)31(21)41-39-25-13-27(49(43,44)45)29(37)19-7-3-1-5-17(19)25)16-11-23(35)32(24(36)12-16)42-40-26-14-28(50(46,47)48)30(38)20-8-4-2-6-18(20)26/h1-14H,37-38H2,(H,43,44,45)(H,46,47,48). The molecule has 6 rings (SSSR count). The molecular formula is C32H20Br4N6O6S2. The van der Waals surface area contributed by atoms with Crippen LogP contribution in [0.25, 0.3) is 32.7 Å². The number of nitrogens with two attached hydrogens (primary N) is 2. The summed E-state index contributed by atoms with van der Waals surface area (Å²) >= 11 is 14.2. The zero-order valence-corrected chi connectivity index (χ0v) is 32.9. The van der Waals surface area contributed by atoms with Crippen molar-refractivity contribution in [2.45, 2.75) is 9.79 Å². The Bertz CT molecular complexity index is 2460. The highest BCUT2D eigenvalue weighted by atomic mass is 79.9. The maximum Gasteiger partial charge on any atom is 0.296 e. The third-order valence-corrected chi connectivity index (χ3v) is 11.7. The second kappa shape index (κ2) is 13.8. The smallest absolute Gasteiger partial charge is 0.296 e. The minimum atomic E-state index is -4.63. The number of benzene rings is 6. The van der Waals surface area contributed by atoms with E-state index in [1.54, 1.807) is 48.5 Å². The van der Waals surface area contributed by atoms with Gasteiger partial charge in [-0.3, -0.25) is 9.11 Å². The lowest BCUT2D eigenvalue weighted by Crippen LogP contribution is -2.03. The minimum Gasteiger partial charge on any atom is -0.397 e. The van der Waals surface area contributed by atoms with E-state index in [4.69, 9.17) is 11.5 Å². The Labute approximate surface area is 318 Å². The van der Waals surface area contributed by atoms with E-state index < -0.39 is 30.0 Å². The fourth-order valence-electron chi connectivity index (χ4n) is 5.16. The number of anilines is 2. The molecule has 50 heavy (non-hydrogen) atoms. The number of fused-ring (bicyclic) bond motifs is 2. The second-order valence-corrected chi connectivity index (χ2v) is 16.8. The van der Waals surface area contributed by atoms with Crippen molar-refractivity contribution in [3.8, 4) is 11.1 Å². The zero-order chi connectivity index (χ0) is 36.1. The zero-order valence-electron chi connectivity index (χ0n) is 24.9. The molecule has 0 fully saturated rings. The van der Waals surface area contributed by atoms with Crippen molar-refractivity contribution in [3.05, 3.63) is 103 Å². The first kappa shape index (κ1) is 36.2. The summed E-state index contributed by atoms with van der Waals surface area (Å²) in [6.07, 6.45) is 0. The van der Waals surface area contributed by atoms with E-state index in [1.807, 2.05) is 24.3 Å². The fourth-order valence-corrected chi connectivity index (χ4v) is 9.15. The van der Waals surface area contributed by atoms with Crippen LogP contribution in [0.5, 0.6) is 0 Å². The van der Waals surface area contributed by atoms with Crippen LogP contribution in [0.2, 0.25) is 0 Å². The van der Waals surface area contributed by atoms with Gasteiger partial charge in [-0.1, -0.05) is 48.5 Å². The number of nitrogens with zero attached hydrogens (tertiary/aromatic N) is 4. The molecule has 0 radical (unpaired) electrons. The first-order valence-electron chi connectivity index (χ1n) is 13.9. The summed E-state index contributed by atoms with van der Waals surface area (Å²) in [5, 5.41) is 19.2.